The number of halogens is 4. The lowest BCUT2D eigenvalue weighted by Gasteiger charge is -2.13. The van der Waals surface area contributed by atoms with Crippen LogP contribution in [-0.4, -0.2) is 19.6 Å². The van der Waals surface area contributed by atoms with Gasteiger partial charge >= 0.3 is 6.18 Å². The van der Waals surface area contributed by atoms with E-state index in [4.69, 9.17) is 9.47 Å². The van der Waals surface area contributed by atoms with Crippen LogP contribution in [0.1, 0.15) is 36.5 Å². The van der Waals surface area contributed by atoms with Gasteiger partial charge in [-0.15, -0.1) is 0 Å². The standard InChI is InChI=1S/C21H19BrF3NO3/c1-3-4-7-29-19-11-16(22)12(9-18(19)28-2)8-15-14-6-5-13(21(23,24)25)10-17(14)26-20(15)27/h5-6,8-11H,3-4,7H2,1-2H3,(H,26,27)/b15-8+. The van der Waals surface area contributed by atoms with Crippen molar-refractivity contribution in [1.82, 2.24) is 0 Å². The van der Waals surface area contributed by atoms with Crippen LogP contribution in [0, 0.1) is 0 Å². The molecule has 0 saturated carbocycles. The fraction of sp³-hybridized carbons (Fsp3) is 0.286. The largest absolute Gasteiger partial charge is 0.493 e. The highest BCUT2D eigenvalue weighted by Crippen LogP contribution is 2.40. The van der Waals surface area contributed by atoms with Crippen LogP contribution in [0.25, 0.3) is 11.6 Å². The first kappa shape index (κ1) is 21.2. The third-order valence-corrected chi connectivity index (χ3v) is 5.15. The number of methoxy groups -OCH3 is 1. The first-order chi connectivity index (χ1) is 13.7. The fourth-order valence-electron chi connectivity index (χ4n) is 2.93. The molecule has 2 aromatic rings. The fourth-order valence-corrected chi connectivity index (χ4v) is 3.37. The molecular formula is C21H19BrF3NO3. The van der Waals surface area contributed by atoms with Crippen molar-refractivity contribution >= 4 is 39.2 Å². The van der Waals surface area contributed by atoms with E-state index >= 15 is 0 Å². The molecule has 154 valence electrons. The first-order valence-corrected chi connectivity index (χ1v) is 9.79. The van der Waals surface area contributed by atoms with Crippen LogP contribution in [0.15, 0.2) is 34.8 Å². The van der Waals surface area contributed by atoms with E-state index in [-0.39, 0.29) is 11.3 Å². The SMILES string of the molecule is CCCCOc1cc(Br)c(/C=C2/C(=O)Nc3cc(C(F)(F)F)ccc32)cc1OC. The van der Waals surface area contributed by atoms with Crippen molar-refractivity contribution in [2.24, 2.45) is 0 Å². The summed E-state index contributed by atoms with van der Waals surface area (Å²) < 4.78 is 50.6. The average Bonchev–Trinajstić information content (AvgIpc) is 2.97. The van der Waals surface area contributed by atoms with Crippen molar-refractivity contribution in [2.75, 3.05) is 19.0 Å². The molecule has 0 fully saturated rings. The number of nitrogens with one attached hydrogen (secondary N) is 1. The zero-order chi connectivity index (χ0) is 21.2. The Morgan fingerprint density at radius 2 is 1.93 bits per heavy atom. The summed E-state index contributed by atoms with van der Waals surface area (Å²) in [6.07, 6.45) is -0.964. The minimum absolute atomic E-state index is 0.138. The van der Waals surface area contributed by atoms with Crippen molar-refractivity contribution < 1.29 is 27.4 Å². The third-order valence-electron chi connectivity index (χ3n) is 4.47. The molecule has 3 rings (SSSR count). The normalized spacial score (nSPS) is 14.7. The summed E-state index contributed by atoms with van der Waals surface area (Å²) in [4.78, 5) is 12.4. The maximum Gasteiger partial charge on any atom is 0.416 e. The van der Waals surface area contributed by atoms with Crippen molar-refractivity contribution in [2.45, 2.75) is 25.9 Å². The second-order valence-electron chi connectivity index (χ2n) is 6.50. The zero-order valence-electron chi connectivity index (χ0n) is 15.8. The van der Waals surface area contributed by atoms with Gasteiger partial charge in [0.15, 0.2) is 11.5 Å². The Balaban J connectivity index is 1.98. The number of anilines is 1. The number of carbonyl (C=O) groups excluding carboxylic acids is 1. The number of carbonyl (C=O) groups is 1. The third kappa shape index (κ3) is 4.58. The molecule has 1 amide bonds. The second-order valence-corrected chi connectivity index (χ2v) is 7.35. The molecule has 1 N–H and O–H groups in total. The molecule has 0 unspecified atom stereocenters. The van der Waals surface area contributed by atoms with Gasteiger partial charge in [-0.05, 0) is 42.3 Å². The quantitative estimate of drug-likeness (QED) is 0.407. The van der Waals surface area contributed by atoms with Crippen molar-refractivity contribution in [3.05, 3.63) is 51.5 Å². The van der Waals surface area contributed by atoms with E-state index in [0.29, 0.717) is 33.7 Å². The Hall–Kier alpha value is -2.48. The van der Waals surface area contributed by atoms with Gasteiger partial charge in [-0.25, -0.2) is 0 Å². The number of fused-ring (bicyclic) bond motifs is 1. The number of benzene rings is 2. The predicted molar refractivity (Wildman–Crippen MR) is 109 cm³/mol. The topological polar surface area (TPSA) is 47.6 Å². The van der Waals surface area contributed by atoms with Crippen molar-refractivity contribution in [3.8, 4) is 11.5 Å². The summed E-state index contributed by atoms with van der Waals surface area (Å²) in [5.74, 6) is 0.608. The smallest absolute Gasteiger partial charge is 0.416 e. The van der Waals surface area contributed by atoms with Gasteiger partial charge in [0, 0.05) is 21.3 Å². The molecule has 1 aliphatic heterocycles. The van der Waals surface area contributed by atoms with Crippen LogP contribution >= 0.6 is 15.9 Å². The zero-order valence-corrected chi connectivity index (χ0v) is 17.4. The van der Waals surface area contributed by atoms with Gasteiger partial charge < -0.3 is 14.8 Å². The van der Waals surface area contributed by atoms with Crippen LogP contribution in [0.5, 0.6) is 11.5 Å². The Morgan fingerprint density at radius 3 is 2.59 bits per heavy atom. The number of ether oxygens (including phenoxy) is 2. The molecule has 8 heteroatoms. The first-order valence-electron chi connectivity index (χ1n) is 8.99. The van der Waals surface area contributed by atoms with Crippen LogP contribution in [0.4, 0.5) is 18.9 Å². The highest BCUT2D eigenvalue weighted by atomic mass is 79.9. The Bertz CT molecular complexity index is 970. The van der Waals surface area contributed by atoms with Gasteiger partial charge in [0.1, 0.15) is 0 Å². The molecule has 2 aromatic carbocycles. The van der Waals surface area contributed by atoms with Gasteiger partial charge in [-0.2, -0.15) is 13.2 Å². The van der Waals surface area contributed by atoms with E-state index in [2.05, 4.69) is 28.2 Å². The van der Waals surface area contributed by atoms with Gasteiger partial charge in [-0.1, -0.05) is 35.3 Å². The number of hydrogen-bond donors (Lipinski definition) is 1. The molecule has 1 aliphatic rings. The minimum Gasteiger partial charge on any atom is -0.493 e. The second kappa shape index (κ2) is 8.49. The minimum atomic E-state index is -4.48. The maximum atomic E-state index is 12.9. The number of rotatable bonds is 6. The van der Waals surface area contributed by atoms with Crippen LogP contribution in [0.3, 0.4) is 0 Å². The van der Waals surface area contributed by atoms with Gasteiger partial charge in [0.2, 0.25) is 0 Å². The highest BCUT2D eigenvalue weighted by Gasteiger charge is 2.33. The summed E-state index contributed by atoms with van der Waals surface area (Å²) in [6, 6.07) is 6.67. The van der Waals surface area contributed by atoms with E-state index in [0.717, 1.165) is 25.0 Å². The average molecular weight is 470 g/mol. The van der Waals surface area contributed by atoms with Crippen molar-refractivity contribution in [1.29, 1.82) is 0 Å². The number of amides is 1. The molecule has 0 saturated heterocycles. The molecule has 4 nitrogen and oxygen atoms in total. The van der Waals surface area contributed by atoms with E-state index in [9.17, 15) is 18.0 Å². The van der Waals surface area contributed by atoms with E-state index in [1.165, 1.54) is 13.2 Å². The maximum absolute atomic E-state index is 12.9. The van der Waals surface area contributed by atoms with Crippen LogP contribution < -0.4 is 14.8 Å². The Labute approximate surface area is 174 Å². The molecule has 0 aromatic heterocycles. The molecule has 29 heavy (non-hydrogen) atoms. The summed E-state index contributed by atoms with van der Waals surface area (Å²) >= 11 is 3.46. The molecule has 0 bridgehead atoms. The lowest BCUT2D eigenvalue weighted by Crippen LogP contribution is -2.06. The van der Waals surface area contributed by atoms with E-state index < -0.39 is 17.6 Å². The molecule has 0 atom stereocenters. The predicted octanol–water partition coefficient (Wildman–Crippen LogP) is 6.15. The van der Waals surface area contributed by atoms with Gasteiger partial charge in [-0.3, -0.25) is 4.79 Å². The number of alkyl halides is 3. The van der Waals surface area contributed by atoms with Crippen molar-refractivity contribution in [3.63, 3.8) is 0 Å². The molecular weight excluding hydrogens is 451 g/mol. The summed E-state index contributed by atoms with van der Waals surface area (Å²) in [5.41, 5.74) is 0.656. The molecule has 1 heterocycles. The summed E-state index contributed by atoms with van der Waals surface area (Å²) in [5, 5.41) is 2.50. The molecule has 0 spiro atoms. The van der Waals surface area contributed by atoms with Crippen LogP contribution in [0.2, 0.25) is 0 Å². The summed E-state index contributed by atoms with van der Waals surface area (Å²) in [6.45, 7) is 2.62. The summed E-state index contributed by atoms with van der Waals surface area (Å²) in [7, 11) is 1.52. The monoisotopic (exact) mass is 469 g/mol. The lowest BCUT2D eigenvalue weighted by molar-refractivity contribution is -0.137. The van der Waals surface area contributed by atoms with Gasteiger partial charge in [0.05, 0.1) is 19.3 Å². The van der Waals surface area contributed by atoms with Gasteiger partial charge in [0.25, 0.3) is 5.91 Å². The van der Waals surface area contributed by atoms with Crippen LogP contribution in [-0.2, 0) is 11.0 Å². The Morgan fingerprint density at radius 1 is 1.17 bits per heavy atom. The lowest BCUT2D eigenvalue weighted by atomic mass is 10.0. The number of hydrogen-bond acceptors (Lipinski definition) is 3. The number of unbranched alkanes of at least 4 members (excludes halogenated alkanes) is 1. The molecule has 0 aliphatic carbocycles. The highest BCUT2D eigenvalue weighted by molar-refractivity contribution is 9.10. The van der Waals surface area contributed by atoms with E-state index in [1.807, 2.05) is 0 Å². The molecule has 0 radical (unpaired) electrons. The Kier molecular flexibility index (Phi) is 6.21. The van der Waals surface area contributed by atoms with E-state index in [1.54, 1.807) is 18.2 Å².